The number of benzene rings is 1. The van der Waals surface area contributed by atoms with Gasteiger partial charge in [0, 0.05) is 13.1 Å². The first-order chi connectivity index (χ1) is 11.9. The maximum Gasteiger partial charge on any atom is 0.337 e. The molecule has 2 amide bonds. The molecule has 0 radical (unpaired) electrons. The Balaban J connectivity index is 1.92. The average molecular weight is 363 g/mol. The second-order valence-corrected chi connectivity index (χ2v) is 6.72. The van der Waals surface area contributed by atoms with E-state index in [9.17, 15) is 14.4 Å². The number of likely N-dealkylation sites (tertiary alicyclic amines) is 1. The molecule has 2 aliphatic heterocycles. The Morgan fingerprint density at radius 3 is 2.72 bits per heavy atom. The van der Waals surface area contributed by atoms with Gasteiger partial charge in [-0.15, -0.1) is 0 Å². The number of rotatable bonds is 3. The number of esters is 1. The Bertz CT molecular complexity index is 774. The summed E-state index contributed by atoms with van der Waals surface area (Å²) in [6.07, 6.45) is 2.04. The van der Waals surface area contributed by atoms with Crippen molar-refractivity contribution in [3.05, 3.63) is 40.6 Å². The number of hydrogen-bond acceptors (Lipinski definition) is 5. The number of halogens is 1. The van der Waals surface area contributed by atoms with Gasteiger partial charge >= 0.3 is 5.97 Å². The van der Waals surface area contributed by atoms with Crippen molar-refractivity contribution >= 4 is 35.1 Å². The van der Waals surface area contributed by atoms with Gasteiger partial charge in [0.1, 0.15) is 10.7 Å². The standard InChI is InChI=1S/C18H19ClN2O4/c1-11-5-4-8-20(10-11)15-14(19)16(22)21(17(15)23)13-7-3-6-12(9-13)18(24)25-2/h3,6-7,9,11H,4-5,8,10H2,1-2H3. The summed E-state index contributed by atoms with van der Waals surface area (Å²) in [4.78, 5) is 40.1. The molecule has 132 valence electrons. The Hall–Kier alpha value is -2.34. The second-order valence-electron chi connectivity index (χ2n) is 6.34. The largest absolute Gasteiger partial charge is 0.465 e. The minimum atomic E-state index is -0.568. The molecule has 6 nitrogen and oxygen atoms in total. The van der Waals surface area contributed by atoms with Crippen LogP contribution in [-0.2, 0) is 14.3 Å². The Morgan fingerprint density at radius 1 is 1.28 bits per heavy atom. The molecule has 0 aromatic heterocycles. The third-order valence-corrected chi connectivity index (χ3v) is 4.84. The molecule has 3 rings (SSSR count). The summed E-state index contributed by atoms with van der Waals surface area (Å²) in [5.41, 5.74) is 0.814. The monoisotopic (exact) mass is 362 g/mol. The van der Waals surface area contributed by atoms with Crippen LogP contribution in [0.5, 0.6) is 0 Å². The van der Waals surface area contributed by atoms with Crippen molar-refractivity contribution in [3.63, 3.8) is 0 Å². The zero-order valence-corrected chi connectivity index (χ0v) is 14.9. The fraction of sp³-hybridized carbons (Fsp3) is 0.389. The molecule has 25 heavy (non-hydrogen) atoms. The van der Waals surface area contributed by atoms with Crippen LogP contribution >= 0.6 is 11.6 Å². The first-order valence-electron chi connectivity index (χ1n) is 8.16. The summed E-state index contributed by atoms with van der Waals surface area (Å²) in [7, 11) is 1.27. The average Bonchev–Trinajstić information content (AvgIpc) is 2.83. The van der Waals surface area contributed by atoms with Crippen molar-refractivity contribution in [2.45, 2.75) is 19.8 Å². The summed E-state index contributed by atoms with van der Waals surface area (Å²) >= 11 is 6.21. The van der Waals surface area contributed by atoms with Crippen molar-refractivity contribution in [1.82, 2.24) is 4.90 Å². The predicted molar refractivity (Wildman–Crippen MR) is 93.1 cm³/mol. The van der Waals surface area contributed by atoms with E-state index in [4.69, 9.17) is 11.6 Å². The topological polar surface area (TPSA) is 66.9 Å². The first-order valence-corrected chi connectivity index (χ1v) is 8.53. The van der Waals surface area contributed by atoms with Crippen LogP contribution in [0.3, 0.4) is 0 Å². The van der Waals surface area contributed by atoms with Gasteiger partial charge in [-0.2, -0.15) is 0 Å². The van der Waals surface area contributed by atoms with E-state index >= 15 is 0 Å². The number of piperidine rings is 1. The van der Waals surface area contributed by atoms with Gasteiger partial charge in [0.25, 0.3) is 11.8 Å². The zero-order valence-electron chi connectivity index (χ0n) is 14.1. The molecule has 1 atom stereocenters. The van der Waals surface area contributed by atoms with E-state index in [0.717, 1.165) is 17.7 Å². The number of imide groups is 1. The fourth-order valence-electron chi connectivity index (χ4n) is 3.28. The summed E-state index contributed by atoms with van der Waals surface area (Å²) in [5, 5.41) is -0.0671. The van der Waals surface area contributed by atoms with Crippen LogP contribution in [0.4, 0.5) is 5.69 Å². The molecular formula is C18H19ClN2O4. The number of ether oxygens (including phenoxy) is 1. The van der Waals surface area contributed by atoms with Gasteiger partial charge in [-0.05, 0) is 37.0 Å². The van der Waals surface area contributed by atoms with Gasteiger partial charge in [-0.25, -0.2) is 9.69 Å². The lowest BCUT2D eigenvalue weighted by molar-refractivity contribution is -0.121. The van der Waals surface area contributed by atoms with Crippen LogP contribution in [0.15, 0.2) is 35.0 Å². The third-order valence-electron chi connectivity index (χ3n) is 4.50. The van der Waals surface area contributed by atoms with Gasteiger partial charge in [-0.3, -0.25) is 9.59 Å². The molecule has 0 spiro atoms. The predicted octanol–water partition coefficient (Wildman–Crippen LogP) is 2.53. The minimum absolute atomic E-state index is 0.0671. The van der Waals surface area contributed by atoms with E-state index in [-0.39, 0.29) is 16.3 Å². The van der Waals surface area contributed by atoms with Gasteiger partial charge in [0.2, 0.25) is 0 Å². The zero-order chi connectivity index (χ0) is 18.1. The van der Waals surface area contributed by atoms with Gasteiger partial charge in [-0.1, -0.05) is 24.6 Å². The molecule has 2 heterocycles. The lowest BCUT2D eigenvalue weighted by Crippen LogP contribution is -2.39. The highest BCUT2D eigenvalue weighted by molar-refractivity contribution is 6.52. The van der Waals surface area contributed by atoms with Crippen LogP contribution in [0.1, 0.15) is 30.1 Å². The summed E-state index contributed by atoms with van der Waals surface area (Å²) in [6.45, 7) is 3.51. The highest BCUT2D eigenvalue weighted by atomic mass is 35.5. The van der Waals surface area contributed by atoms with E-state index in [0.29, 0.717) is 24.7 Å². The molecule has 1 unspecified atom stereocenters. The van der Waals surface area contributed by atoms with Crippen LogP contribution in [0, 0.1) is 5.92 Å². The lowest BCUT2D eigenvalue weighted by atomic mass is 10.00. The molecule has 2 aliphatic rings. The minimum Gasteiger partial charge on any atom is -0.465 e. The summed E-state index contributed by atoms with van der Waals surface area (Å²) < 4.78 is 4.68. The Labute approximate surface area is 151 Å². The quantitative estimate of drug-likeness (QED) is 0.610. The molecule has 0 bridgehead atoms. The van der Waals surface area contributed by atoms with Crippen LogP contribution in [-0.4, -0.2) is 42.9 Å². The molecule has 0 saturated carbocycles. The molecule has 1 saturated heterocycles. The van der Waals surface area contributed by atoms with Crippen molar-refractivity contribution in [3.8, 4) is 0 Å². The number of carbonyl (C=O) groups is 3. The van der Waals surface area contributed by atoms with E-state index in [1.807, 2.05) is 4.90 Å². The Morgan fingerprint density at radius 2 is 2.04 bits per heavy atom. The smallest absolute Gasteiger partial charge is 0.337 e. The SMILES string of the molecule is COC(=O)c1cccc(N2C(=O)C(Cl)=C(N3CCCC(C)C3)C2=O)c1. The maximum atomic E-state index is 12.9. The lowest BCUT2D eigenvalue weighted by Gasteiger charge is -2.33. The van der Waals surface area contributed by atoms with Gasteiger partial charge in [0.05, 0.1) is 18.4 Å². The van der Waals surface area contributed by atoms with Crippen molar-refractivity contribution in [2.75, 3.05) is 25.1 Å². The van der Waals surface area contributed by atoms with E-state index < -0.39 is 17.8 Å². The third kappa shape index (κ3) is 3.14. The van der Waals surface area contributed by atoms with E-state index in [1.54, 1.807) is 18.2 Å². The molecule has 0 N–H and O–H groups in total. The Kier molecular flexibility index (Phi) is 4.81. The van der Waals surface area contributed by atoms with Crippen LogP contribution in [0.2, 0.25) is 0 Å². The molecule has 1 aromatic rings. The molecule has 0 aliphatic carbocycles. The number of carbonyl (C=O) groups excluding carboxylic acids is 3. The molecule has 1 aromatic carbocycles. The number of amides is 2. The number of anilines is 1. The van der Waals surface area contributed by atoms with Crippen LogP contribution < -0.4 is 4.90 Å². The fourth-order valence-corrected chi connectivity index (χ4v) is 3.57. The highest BCUT2D eigenvalue weighted by Crippen LogP contribution is 2.33. The number of nitrogens with zero attached hydrogens (tertiary/aromatic N) is 2. The number of hydrogen-bond donors (Lipinski definition) is 0. The van der Waals surface area contributed by atoms with Gasteiger partial charge < -0.3 is 9.64 Å². The molecule has 7 heteroatoms. The van der Waals surface area contributed by atoms with E-state index in [1.165, 1.54) is 13.2 Å². The first kappa shape index (κ1) is 17.5. The van der Waals surface area contributed by atoms with Crippen molar-refractivity contribution in [1.29, 1.82) is 0 Å². The van der Waals surface area contributed by atoms with Crippen molar-refractivity contribution in [2.24, 2.45) is 5.92 Å². The summed E-state index contributed by atoms with van der Waals surface area (Å²) in [6, 6.07) is 6.20. The summed E-state index contributed by atoms with van der Waals surface area (Å²) in [5.74, 6) is -1.12. The maximum absolute atomic E-state index is 12.9. The normalized spacial score (nSPS) is 21.2. The second kappa shape index (κ2) is 6.88. The van der Waals surface area contributed by atoms with Gasteiger partial charge in [0.15, 0.2) is 0 Å². The van der Waals surface area contributed by atoms with Crippen LogP contribution in [0.25, 0.3) is 0 Å². The highest BCUT2D eigenvalue weighted by Gasteiger charge is 2.42. The van der Waals surface area contributed by atoms with Crippen molar-refractivity contribution < 1.29 is 19.1 Å². The molecular weight excluding hydrogens is 344 g/mol. The van der Waals surface area contributed by atoms with E-state index in [2.05, 4.69) is 11.7 Å². The number of methoxy groups -OCH3 is 1. The molecule has 1 fully saturated rings.